The number of nitrogens with one attached hydrogen (secondary N) is 1. The number of rotatable bonds is 6. The van der Waals surface area contributed by atoms with Gasteiger partial charge in [0.05, 0.1) is 29.7 Å². The summed E-state index contributed by atoms with van der Waals surface area (Å²) in [4.78, 5) is 17.7. The first-order valence-electron chi connectivity index (χ1n) is 9.70. The summed E-state index contributed by atoms with van der Waals surface area (Å²) in [6, 6.07) is 23.2. The van der Waals surface area contributed by atoms with Crippen LogP contribution in [0.2, 0.25) is 0 Å². The molecule has 0 fully saturated rings. The zero-order chi connectivity index (χ0) is 21.1. The fourth-order valence-corrected chi connectivity index (χ4v) is 3.80. The van der Waals surface area contributed by atoms with E-state index in [4.69, 9.17) is 9.72 Å². The highest BCUT2D eigenvalue weighted by Gasteiger charge is 2.20. The van der Waals surface area contributed by atoms with Gasteiger partial charge in [0.15, 0.2) is 0 Å². The van der Waals surface area contributed by atoms with Crippen LogP contribution in [-0.4, -0.2) is 22.6 Å². The molecule has 1 N–H and O–H groups in total. The zero-order valence-electron chi connectivity index (χ0n) is 16.8. The molecule has 1 unspecified atom stereocenters. The molecule has 1 aromatic heterocycles. The number of halogens is 1. The molecule has 6 heteroatoms. The van der Waals surface area contributed by atoms with Gasteiger partial charge in [-0.25, -0.2) is 4.98 Å². The number of hydrogen-bond acceptors (Lipinski definition) is 3. The van der Waals surface area contributed by atoms with Crippen molar-refractivity contribution in [2.45, 2.75) is 19.5 Å². The van der Waals surface area contributed by atoms with Gasteiger partial charge in [-0.2, -0.15) is 0 Å². The fraction of sp³-hybridized carbons (Fsp3) is 0.167. The summed E-state index contributed by atoms with van der Waals surface area (Å²) >= 11 is 3.49. The van der Waals surface area contributed by atoms with Crippen molar-refractivity contribution in [2.24, 2.45) is 0 Å². The summed E-state index contributed by atoms with van der Waals surface area (Å²) in [5.74, 6) is 1.16. The minimum Gasteiger partial charge on any atom is -0.496 e. The van der Waals surface area contributed by atoms with Crippen LogP contribution in [0, 0.1) is 0 Å². The van der Waals surface area contributed by atoms with Gasteiger partial charge in [-0.3, -0.25) is 4.79 Å². The number of fused-ring (bicyclic) bond motifs is 1. The maximum absolute atomic E-state index is 12.9. The Kier molecular flexibility index (Phi) is 5.86. The Labute approximate surface area is 183 Å². The molecule has 0 spiro atoms. The Morgan fingerprint density at radius 3 is 2.53 bits per heavy atom. The Bertz CT molecular complexity index is 1180. The number of benzene rings is 3. The van der Waals surface area contributed by atoms with Crippen molar-refractivity contribution in [2.75, 3.05) is 7.11 Å². The Morgan fingerprint density at radius 1 is 1.07 bits per heavy atom. The number of hydrogen-bond donors (Lipinski definition) is 1. The van der Waals surface area contributed by atoms with Crippen molar-refractivity contribution in [1.29, 1.82) is 0 Å². The lowest BCUT2D eigenvalue weighted by Crippen LogP contribution is -2.29. The normalized spacial score (nSPS) is 12.0. The molecule has 4 rings (SSSR count). The SMILES string of the molecule is COc1ccccc1C(=O)NC(C)c1nc2ccccc2n1Cc1ccc(Br)cc1. The summed E-state index contributed by atoms with van der Waals surface area (Å²) in [6.45, 7) is 2.62. The summed E-state index contributed by atoms with van der Waals surface area (Å²) < 4.78 is 8.53. The van der Waals surface area contributed by atoms with E-state index in [-0.39, 0.29) is 11.9 Å². The smallest absolute Gasteiger partial charge is 0.255 e. The average Bonchev–Trinajstić information content (AvgIpc) is 3.14. The predicted octanol–water partition coefficient (Wildman–Crippen LogP) is 5.35. The molecule has 0 aliphatic rings. The van der Waals surface area contributed by atoms with Gasteiger partial charge in [0.2, 0.25) is 0 Å². The Hall–Kier alpha value is -3.12. The highest BCUT2D eigenvalue weighted by molar-refractivity contribution is 9.10. The van der Waals surface area contributed by atoms with Crippen LogP contribution < -0.4 is 10.1 Å². The lowest BCUT2D eigenvalue weighted by atomic mass is 10.1. The number of aromatic nitrogens is 2. The summed E-state index contributed by atoms with van der Waals surface area (Å²) in [7, 11) is 1.56. The Balaban J connectivity index is 1.67. The van der Waals surface area contributed by atoms with Gasteiger partial charge in [0.25, 0.3) is 5.91 Å². The third-order valence-corrected chi connectivity index (χ3v) is 5.55. The van der Waals surface area contributed by atoms with E-state index < -0.39 is 0 Å². The van der Waals surface area contributed by atoms with Crippen LogP contribution in [0.15, 0.2) is 77.3 Å². The van der Waals surface area contributed by atoms with Crippen molar-refractivity contribution in [3.8, 4) is 5.75 Å². The second-order valence-electron chi connectivity index (χ2n) is 7.07. The van der Waals surface area contributed by atoms with Crippen LogP contribution in [0.25, 0.3) is 11.0 Å². The largest absolute Gasteiger partial charge is 0.496 e. The molecule has 4 aromatic rings. The van der Waals surface area contributed by atoms with Crippen molar-refractivity contribution in [3.05, 3.63) is 94.2 Å². The van der Waals surface area contributed by atoms with Crippen LogP contribution in [0.1, 0.15) is 34.7 Å². The van der Waals surface area contributed by atoms with E-state index in [1.807, 2.05) is 49.4 Å². The van der Waals surface area contributed by atoms with Crippen molar-refractivity contribution >= 4 is 32.9 Å². The van der Waals surface area contributed by atoms with Gasteiger partial charge >= 0.3 is 0 Å². The van der Waals surface area contributed by atoms with E-state index in [9.17, 15) is 4.79 Å². The number of para-hydroxylation sites is 3. The molecular formula is C24H22BrN3O2. The predicted molar refractivity (Wildman–Crippen MR) is 122 cm³/mol. The van der Waals surface area contributed by atoms with Crippen LogP contribution in [0.3, 0.4) is 0 Å². The first-order chi connectivity index (χ1) is 14.6. The van der Waals surface area contributed by atoms with Gasteiger partial charge in [-0.05, 0) is 48.9 Å². The quantitative estimate of drug-likeness (QED) is 0.419. The highest BCUT2D eigenvalue weighted by atomic mass is 79.9. The monoisotopic (exact) mass is 463 g/mol. The van der Waals surface area contributed by atoms with Gasteiger partial charge in [0, 0.05) is 11.0 Å². The average molecular weight is 464 g/mol. The summed E-state index contributed by atoms with van der Waals surface area (Å²) in [5.41, 5.74) is 3.60. The second-order valence-corrected chi connectivity index (χ2v) is 7.98. The number of amides is 1. The van der Waals surface area contributed by atoms with Crippen LogP contribution >= 0.6 is 15.9 Å². The molecule has 0 bridgehead atoms. The first kappa shape index (κ1) is 20.2. The third kappa shape index (κ3) is 4.09. The molecule has 1 heterocycles. The molecule has 1 amide bonds. The van der Waals surface area contributed by atoms with E-state index in [1.165, 1.54) is 0 Å². The van der Waals surface area contributed by atoms with E-state index in [0.717, 1.165) is 26.9 Å². The van der Waals surface area contributed by atoms with Crippen molar-refractivity contribution in [3.63, 3.8) is 0 Å². The third-order valence-electron chi connectivity index (χ3n) is 5.02. The van der Waals surface area contributed by atoms with Gasteiger partial charge in [-0.1, -0.05) is 52.3 Å². The molecule has 0 aliphatic heterocycles. The van der Waals surface area contributed by atoms with Gasteiger partial charge in [0.1, 0.15) is 11.6 Å². The zero-order valence-corrected chi connectivity index (χ0v) is 18.4. The number of imidazole rings is 1. The summed E-state index contributed by atoms with van der Waals surface area (Å²) in [5, 5.41) is 3.07. The van der Waals surface area contributed by atoms with E-state index >= 15 is 0 Å². The molecule has 0 saturated carbocycles. The van der Waals surface area contributed by atoms with Crippen LogP contribution in [0.4, 0.5) is 0 Å². The molecule has 5 nitrogen and oxygen atoms in total. The standard InChI is InChI=1S/C24H22BrN3O2/c1-16(26-24(29)19-7-3-6-10-22(19)30-2)23-27-20-8-4-5-9-21(20)28(23)15-17-11-13-18(25)14-12-17/h3-14,16H,15H2,1-2H3,(H,26,29). The lowest BCUT2D eigenvalue weighted by Gasteiger charge is -2.17. The fourth-order valence-electron chi connectivity index (χ4n) is 3.53. The first-order valence-corrected chi connectivity index (χ1v) is 10.5. The molecule has 0 radical (unpaired) electrons. The molecule has 152 valence electrons. The molecule has 1 atom stereocenters. The molecule has 30 heavy (non-hydrogen) atoms. The maximum atomic E-state index is 12.9. The topological polar surface area (TPSA) is 56.1 Å². The van der Waals surface area contributed by atoms with Crippen molar-refractivity contribution in [1.82, 2.24) is 14.9 Å². The number of carbonyl (C=O) groups is 1. The molecule has 0 saturated heterocycles. The van der Waals surface area contributed by atoms with Crippen molar-refractivity contribution < 1.29 is 9.53 Å². The minimum absolute atomic E-state index is 0.192. The number of carbonyl (C=O) groups excluding carboxylic acids is 1. The Morgan fingerprint density at radius 2 is 1.77 bits per heavy atom. The highest BCUT2D eigenvalue weighted by Crippen LogP contribution is 2.24. The van der Waals surface area contributed by atoms with E-state index in [1.54, 1.807) is 19.2 Å². The molecular weight excluding hydrogens is 442 g/mol. The lowest BCUT2D eigenvalue weighted by molar-refractivity contribution is 0.0934. The van der Waals surface area contributed by atoms with E-state index in [0.29, 0.717) is 17.9 Å². The maximum Gasteiger partial charge on any atom is 0.255 e. The van der Waals surface area contributed by atoms with Gasteiger partial charge < -0.3 is 14.6 Å². The van der Waals surface area contributed by atoms with E-state index in [2.05, 4.69) is 44.0 Å². The number of methoxy groups -OCH3 is 1. The molecule has 0 aliphatic carbocycles. The summed E-state index contributed by atoms with van der Waals surface area (Å²) in [6.07, 6.45) is 0. The van der Waals surface area contributed by atoms with Crippen LogP contribution in [0.5, 0.6) is 5.75 Å². The minimum atomic E-state index is -0.287. The second kappa shape index (κ2) is 8.71. The van der Waals surface area contributed by atoms with Gasteiger partial charge in [-0.15, -0.1) is 0 Å². The van der Waals surface area contributed by atoms with Crippen LogP contribution in [-0.2, 0) is 6.54 Å². The molecule has 3 aromatic carbocycles. The number of ether oxygens (including phenoxy) is 1. The number of nitrogens with zero attached hydrogens (tertiary/aromatic N) is 2.